The largest absolute Gasteiger partial charge is 0.493 e. The highest BCUT2D eigenvalue weighted by atomic mass is 16.5. The minimum Gasteiger partial charge on any atom is -0.493 e. The molecule has 0 amide bonds. The van der Waals surface area contributed by atoms with E-state index in [1.54, 1.807) is 28.4 Å². The van der Waals surface area contributed by atoms with Crippen LogP contribution in [-0.4, -0.2) is 33.0 Å². The Balaban J connectivity index is 2.19. The van der Waals surface area contributed by atoms with Gasteiger partial charge in [-0.25, -0.2) is 0 Å². The van der Waals surface area contributed by atoms with Crippen molar-refractivity contribution in [1.82, 2.24) is 4.57 Å². The first kappa shape index (κ1) is 17.1. The van der Waals surface area contributed by atoms with Gasteiger partial charge in [0.15, 0.2) is 23.0 Å². The fourth-order valence-corrected chi connectivity index (χ4v) is 3.52. The average Bonchev–Trinajstić information content (AvgIpc) is 3.04. The second kappa shape index (κ2) is 6.76. The molecule has 0 atom stereocenters. The van der Waals surface area contributed by atoms with E-state index in [9.17, 15) is 0 Å². The second-order valence-electron chi connectivity index (χ2n) is 6.12. The number of para-hydroxylation sites is 1. The average molecular weight is 363 g/mol. The van der Waals surface area contributed by atoms with Crippen LogP contribution in [0.5, 0.6) is 23.0 Å². The monoisotopic (exact) mass is 363 g/mol. The van der Waals surface area contributed by atoms with Gasteiger partial charge in [0, 0.05) is 28.6 Å². The van der Waals surface area contributed by atoms with E-state index in [1.165, 1.54) is 0 Å². The van der Waals surface area contributed by atoms with Gasteiger partial charge in [0.05, 0.1) is 39.5 Å². The van der Waals surface area contributed by atoms with Crippen molar-refractivity contribution in [3.8, 4) is 28.7 Å². The smallest absolute Gasteiger partial charge is 0.162 e. The maximum atomic E-state index is 5.53. The van der Waals surface area contributed by atoms with Crippen molar-refractivity contribution in [2.24, 2.45) is 0 Å². The molecule has 0 radical (unpaired) electrons. The molecule has 0 saturated carbocycles. The summed E-state index contributed by atoms with van der Waals surface area (Å²) in [7, 11) is 6.57. The van der Waals surface area contributed by atoms with Crippen molar-refractivity contribution in [3.63, 3.8) is 0 Å². The topological polar surface area (TPSA) is 41.9 Å². The molecule has 0 spiro atoms. The number of hydrogen-bond acceptors (Lipinski definition) is 4. The Morgan fingerprint density at radius 1 is 0.556 bits per heavy atom. The summed E-state index contributed by atoms with van der Waals surface area (Å²) in [6.07, 6.45) is 0. The van der Waals surface area contributed by atoms with Crippen LogP contribution >= 0.6 is 0 Å². The highest BCUT2D eigenvalue weighted by Gasteiger charge is 2.19. The Kier molecular flexibility index (Phi) is 4.28. The second-order valence-corrected chi connectivity index (χ2v) is 6.12. The van der Waals surface area contributed by atoms with Crippen molar-refractivity contribution in [3.05, 3.63) is 54.6 Å². The quantitative estimate of drug-likeness (QED) is 0.510. The first-order valence-electron chi connectivity index (χ1n) is 8.59. The lowest BCUT2D eigenvalue weighted by atomic mass is 10.1. The Labute approximate surface area is 157 Å². The van der Waals surface area contributed by atoms with E-state index in [-0.39, 0.29) is 0 Å². The molecule has 0 aliphatic rings. The third-order valence-corrected chi connectivity index (χ3v) is 4.79. The van der Waals surface area contributed by atoms with Crippen molar-refractivity contribution in [2.75, 3.05) is 28.4 Å². The van der Waals surface area contributed by atoms with Crippen molar-refractivity contribution in [1.29, 1.82) is 0 Å². The zero-order valence-electron chi connectivity index (χ0n) is 15.8. The predicted molar refractivity (Wildman–Crippen MR) is 107 cm³/mol. The maximum absolute atomic E-state index is 5.53. The van der Waals surface area contributed by atoms with Gasteiger partial charge >= 0.3 is 0 Å². The Morgan fingerprint density at radius 3 is 1.37 bits per heavy atom. The molecule has 0 saturated heterocycles. The molecular weight excluding hydrogens is 342 g/mol. The number of nitrogens with zero attached hydrogens (tertiary/aromatic N) is 1. The number of fused-ring (bicyclic) bond motifs is 3. The third-order valence-electron chi connectivity index (χ3n) is 4.79. The van der Waals surface area contributed by atoms with E-state index >= 15 is 0 Å². The Morgan fingerprint density at radius 2 is 0.963 bits per heavy atom. The van der Waals surface area contributed by atoms with Crippen LogP contribution in [0.15, 0.2) is 54.6 Å². The molecule has 1 heterocycles. The highest BCUT2D eigenvalue weighted by Crippen LogP contribution is 2.42. The molecule has 4 aromatic rings. The normalized spacial score (nSPS) is 11.0. The van der Waals surface area contributed by atoms with Gasteiger partial charge in [-0.05, 0) is 24.3 Å². The van der Waals surface area contributed by atoms with Crippen molar-refractivity contribution >= 4 is 21.8 Å². The SMILES string of the molecule is COc1cc2c3cc(OC)c(OC)cc3n(-c3ccccc3)c2cc1OC. The molecule has 3 aromatic carbocycles. The van der Waals surface area contributed by atoms with E-state index in [1.807, 2.05) is 42.5 Å². The number of ether oxygens (including phenoxy) is 4. The Hall–Kier alpha value is -3.34. The molecule has 4 rings (SSSR count). The minimum atomic E-state index is 0.684. The fraction of sp³-hybridized carbons (Fsp3) is 0.182. The van der Waals surface area contributed by atoms with Crippen LogP contribution in [-0.2, 0) is 0 Å². The van der Waals surface area contributed by atoms with Gasteiger partial charge in [0.1, 0.15) is 0 Å². The summed E-state index contributed by atoms with van der Waals surface area (Å²) in [6.45, 7) is 0. The first-order valence-corrected chi connectivity index (χ1v) is 8.59. The van der Waals surface area contributed by atoms with Crippen molar-refractivity contribution in [2.45, 2.75) is 0 Å². The van der Waals surface area contributed by atoms with Crippen LogP contribution in [0.2, 0.25) is 0 Å². The summed E-state index contributed by atoms with van der Waals surface area (Å²) >= 11 is 0. The molecule has 1 aromatic heterocycles. The highest BCUT2D eigenvalue weighted by molar-refractivity contribution is 6.11. The zero-order chi connectivity index (χ0) is 19.0. The standard InChI is InChI=1S/C22H21NO4/c1-24-19-10-15-16-11-20(25-2)22(27-4)13-18(16)23(14-8-6-5-7-9-14)17(15)12-21(19)26-3/h5-13H,1-4H3. The van der Waals surface area contributed by atoms with E-state index in [4.69, 9.17) is 18.9 Å². The van der Waals surface area contributed by atoms with E-state index in [0.717, 1.165) is 27.5 Å². The van der Waals surface area contributed by atoms with Gasteiger partial charge in [-0.1, -0.05) is 18.2 Å². The van der Waals surface area contributed by atoms with Crippen LogP contribution in [0.3, 0.4) is 0 Å². The van der Waals surface area contributed by atoms with Gasteiger partial charge < -0.3 is 23.5 Å². The number of hydrogen-bond donors (Lipinski definition) is 0. The van der Waals surface area contributed by atoms with E-state index in [2.05, 4.69) is 16.7 Å². The fourth-order valence-electron chi connectivity index (χ4n) is 3.52. The minimum absolute atomic E-state index is 0.684. The van der Waals surface area contributed by atoms with Gasteiger partial charge in [-0.3, -0.25) is 0 Å². The molecule has 5 nitrogen and oxygen atoms in total. The summed E-state index contributed by atoms with van der Waals surface area (Å²) in [5.74, 6) is 2.74. The van der Waals surface area contributed by atoms with Gasteiger partial charge in [0.25, 0.3) is 0 Å². The van der Waals surface area contributed by atoms with E-state index < -0.39 is 0 Å². The molecule has 0 bridgehead atoms. The molecule has 0 fully saturated rings. The van der Waals surface area contributed by atoms with Crippen LogP contribution in [0.25, 0.3) is 27.5 Å². The molecule has 27 heavy (non-hydrogen) atoms. The van der Waals surface area contributed by atoms with E-state index in [0.29, 0.717) is 23.0 Å². The summed E-state index contributed by atoms with van der Waals surface area (Å²) in [5, 5.41) is 2.10. The van der Waals surface area contributed by atoms with Crippen LogP contribution in [0.1, 0.15) is 0 Å². The third kappa shape index (κ3) is 2.63. The predicted octanol–water partition coefficient (Wildman–Crippen LogP) is 4.82. The molecule has 5 heteroatoms. The van der Waals surface area contributed by atoms with Crippen LogP contribution in [0.4, 0.5) is 0 Å². The molecule has 0 N–H and O–H groups in total. The van der Waals surface area contributed by atoms with Gasteiger partial charge in [-0.2, -0.15) is 0 Å². The summed E-state index contributed by atoms with van der Waals surface area (Å²) in [5.41, 5.74) is 3.09. The summed E-state index contributed by atoms with van der Waals surface area (Å²) in [6, 6.07) is 18.2. The Bertz CT molecular complexity index is 1050. The van der Waals surface area contributed by atoms with Crippen LogP contribution in [0, 0.1) is 0 Å². The molecule has 138 valence electrons. The lowest BCUT2D eigenvalue weighted by Crippen LogP contribution is -1.96. The summed E-state index contributed by atoms with van der Waals surface area (Å²) < 4.78 is 24.3. The van der Waals surface area contributed by atoms with Crippen molar-refractivity contribution < 1.29 is 18.9 Å². The number of aromatic nitrogens is 1. The number of methoxy groups -OCH3 is 4. The zero-order valence-corrected chi connectivity index (χ0v) is 15.8. The lowest BCUT2D eigenvalue weighted by molar-refractivity contribution is 0.355. The lowest BCUT2D eigenvalue weighted by Gasteiger charge is -2.11. The first-order chi connectivity index (χ1) is 13.2. The molecule has 0 aliphatic carbocycles. The molecule has 0 unspecified atom stereocenters. The maximum Gasteiger partial charge on any atom is 0.162 e. The van der Waals surface area contributed by atoms with Crippen LogP contribution < -0.4 is 18.9 Å². The van der Waals surface area contributed by atoms with Gasteiger partial charge in [0.2, 0.25) is 0 Å². The molecule has 0 aliphatic heterocycles. The molecular formula is C22H21NO4. The number of rotatable bonds is 5. The number of benzene rings is 3. The van der Waals surface area contributed by atoms with Gasteiger partial charge in [-0.15, -0.1) is 0 Å². The summed E-state index contributed by atoms with van der Waals surface area (Å²) in [4.78, 5) is 0.